The number of hydrogen-bond donors (Lipinski definition) is 1. The standard InChI is InChI=1S/C17H29N5O2/c1-3-17(2)13-21(11-12-24-17)16(23)18-9-8-15-20-19-14-7-5-4-6-10-22(14)15/h3-13H2,1-2H3,(H,18,23)/t17-/m1/s1. The van der Waals surface area contributed by atoms with Crippen molar-refractivity contribution < 1.29 is 9.53 Å². The fourth-order valence-corrected chi connectivity index (χ4v) is 3.44. The molecule has 1 aromatic heterocycles. The zero-order valence-corrected chi connectivity index (χ0v) is 14.9. The third-order valence-corrected chi connectivity index (χ3v) is 5.18. The van der Waals surface area contributed by atoms with Crippen LogP contribution in [0, 0.1) is 0 Å². The van der Waals surface area contributed by atoms with Crippen LogP contribution in [0.5, 0.6) is 0 Å². The van der Waals surface area contributed by atoms with Crippen LogP contribution in [0.15, 0.2) is 0 Å². The molecule has 1 saturated heterocycles. The molecule has 0 aromatic carbocycles. The number of ether oxygens (including phenoxy) is 1. The summed E-state index contributed by atoms with van der Waals surface area (Å²) >= 11 is 0. The Morgan fingerprint density at radius 2 is 2.17 bits per heavy atom. The van der Waals surface area contributed by atoms with Gasteiger partial charge >= 0.3 is 6.03 Å². The number of rotatable bonds is 4. The van der Waals surface area contributed by atoms with Crippen LogP contribution in [0.4, 0.5) is 4.79 Å². The Hall–Kier alpha value is -1.63. The minimum atomic E-state index is -0.222. The van der Waals surface area contributed by atoms with Gasteiger partial charge < -0.3 is 19.5 Å². The van der Waals surface area contributed by atoms with Crippen molar-refractivity contribution in [2.24, 2.45) is 0 Å². The van der Waals surface area contributed by atoms with Gasteiger partial charge in [-0.05, 0) is 26.2 Å². The molecule has 7 nitrogen and oxygen atoms in total. The number of hydrogen-bond acceptors (Lipinski definition) is 4. The summed E-state index contributed by atoms with van der Waals surface area (Å²) in [5.74, 6) is 2.09. The number of amides is 2. The molecular formula is C17H29N5O2. The van der Waals surface area contributed by atoms with Gasteiger partial charge in [0.15, 0.2) is 0 Å². The molecule has 0 spiro atoms. The molecule has 0 unspecified atom stereocenters. The summed E-state index contributed by atoms with van der Waals surface area (Å²) in [6, 6.07) is -0.00594. The number of aromatic nitrogens is 3. The van der Waals surface area contributed by atoms with Crippen molar-refractivity contribution in [2.45, 2.75) is 64.5 Å². The highest BCUT2D eigenvalue weighted by Gasteiger charge is 2.32. The molecule has 24 heavy (non-hydrogen) atoms. The maximum atomic E-state index is 12.4. The van der Waals surface area contributed by atoms with Crippen molar-refractivity contribution in [3.63, 3.8) is 0 Å². The predicted molar refractivity (Wildman–Crippen MR) is 90.9 cm³/mol. The van der Waals surface area contributed by atoms with E-state index in [1.165, 1.54) is 19.3 Å². The second-order valence-corrected chi connectivity index (χ2v) is 7.05. The molecule has 2 aliphatic heterocycles. The molecule has 1 fully saturated rings. The van der Waals surface area contributed by atoms with E-state index in [-0.39, 0.29) is 11.6 Å². The number of nitrogens with zero attached hydrogens (tertiary/aromatic N) is 4. The predicted octanol–water partition coefficient (Wildman–Crippen LogP) is 1.76. The second kappa shape index (κ2) is 7.51. The van der Waals surface area contributed by atoms with Gasteiger partial charge in [0, 0.05) is 32.5 Å². The topological polar surface area (TPSA) is 72.3 Å². The van der Waals surface area contributed by atoms with Crippen molar-refractivity contribution in [3.05, 3.63) is 11.6 Å². The molecule has 3 rings (SSSR count). The molecule has 2 aliphatic rings. The number of carbonyl (C=O) groups excluding carboxylic acids is 1. The van der Waals surface area contributed by atoms with Crippen molar-refractivity contribution in [2.75, 3.05) is 26.2 Å². The third kappa shape index (κ3) is 3.88. The molecule has 7 heteroatoms. The average molecular weight is 335 g/mol. The van der Waals surface area contributed by atoms with Crippen LogP contribution in [-0.4, -0.2) is 57.5 Å². The van der Waals surface area contributed by atoms with Crippen LogP contribution in [0.25, 0.3) is 0 Å². The van der Waals surface area contributed by atoms with Crippen molar-refractivity contribution >= 4 is 6.03 Å². The first-order valence-corrected chi connectivity index (χ1v) is 9.19. The number of aryl methyl sites for hydroxylation is 1. The van der Waals surface area contributed by atoms with Crippen LogP contribution in [0.3, 0.4) is 0 Å². The number of morpholine rings is 1. The van der Waals surface area contributed by atoms with E-state index in [0.717, 1.165) is 37.5 Å². The lowest BCUT2D eigenvalue weighted by Gasteiger charge is -2.39. The molecule has 1 atom stereocenters. The van der Waals surface area contributed by atoms with Crippen molar-refractivity contribution in [3.8, 4) is 0 Å². The van der Waals surface area contributed by atoms with E-state index in [1.54, 1.807) is 0 Å². The molecule has 0 radical (unpaired) electrons. The SMILES string of the molecule is CC[C@]1(C)CN(C(=O)NCCc2nnc3n2CCCCC3)CCO1. The Kier molecular flexibility index (Phi) is 5.38. The molecule has 1 aromatic rings. The number of carbonyl (C=O) groups is 1. The smallest absolute Gasteiger partial charge is 0.317 e. The Balaban J connectivity index is 1.50. The van der Waals surface area contributed by atoms with Gasteiger partial charge in [-0.15, -0.1) is 10.2 Å². The van der Waals surface area contributed by atoms with Gasteiger partial charge in [-0.3, -0.25) is 0 Å². The van der Waals surface area contributed by atoms with Crippen molar-refractivity contribution in [1.29, 1.82) is 0 Å². The fourth-order valence-electron chi connectivity index (χ4n) is 3.44. The highest BCUT2D eigenvalue weighted by Crippen LogP contribution is 2.21. The maximum absolute atomic E-state index is 12.4. The molecule has 0 aliphatic carbocycles. The first-order valence-electron chi connectivity index (χ1n) is 9.19. The highest BCUT2D eigenvalue weighted by molar-refractivity contribution is 5.74. The van der Waals surface area contributed by atoms with Gasteiger partial charge in [-0.1, -0.05) is 13.3 Å². The van der Waals surface area contributed by atoms with Crippen molar-refractivity contribution in [1.82, 2.24) is 25.0 Å². The quantitative estimate of drug-likeness (QED) is 0.910. The van der Waals surface area contributed by atoms with Crippen LogP contribution in [0.1, 0.15) is 51.2 Å². The molecule has 3 heterocycles. The lowest BCUT2D eigenvalue weighted by Crippen LogP contribution is -2.54. The summed E-state index contributed by atoms with van der Waals surface area (Å²) in [7, 11) is 0. The van der Waals surface area contributed by atoms with Gasteiger partial charge in [-0.25, -0.2) is 4.79 Å². The number of urea groups is 1. The van der Waals surface area contributed by atoms with Crippen LogP contribution in [-0.2, 0) is 24.1 Å². The first-order chi connectivity index (χ1) is 11.6. The second-order valence-electron chi connectivity index (χ2n) is 7.05. The van der Waals surface area contributed by atoms with E-state index in [1.807, 2.05) is 4.90 Å². The van der Waals surface area contributed by atoms with Crippen LogP contribution in [0.2, 0.25) is 0 Å². The van der Waals surface area contributed by atoms with Crippen LogP contribution >= 0.6 is 0 Å². The summed E-state index contributed by atoms with van der Waals surface area (Å²) in [6.07, 6.45) is 6.29. The highest BCUT2D eigenvalue weighted by atomic mass is 16.5. The Bertz CT molecular complexity index is 573. The van der Waals surface area contributed by atoms with E-state index < -0.39 is 0 Å². The van der Waals surface area contributed by atoms with Gasteiger partial charge in [-0.2, -0.15) is 0 Å². The molecule has 134 valence electrons. The summed E-state index contributed by atoms with van der Waals surface area (Å²) in [6.45, 7) is 7.67. The summed E-state index contributed by atoms with van der Waals surface area (Å²) < 4.78 is 8.03. The van der Waals surface area contributed by atoms with E-state index >= 15 is 0 Å². The van der Waals surface area contributed by atoms with Crippen LogP contribution < -0.4 is 5.32 Å². The zero-order chi connectivity index (χ0) is 17.0. The molecule has 2 amide bonds. The van der Waals surface area contributed by atoms with Gasteiger partial charge in [0.2, 0.25) is 0 Å². The summed E-state index contributed by atoms with van der Waals surface area (Å²) in [5.41, 5.74) is -0.222. The molecule has 0 bridgehead atoms. The lowest BCUT2D eigenvalue weighted by molar-refractivity contribution is -0.0872. The number of nitrogens with one attached hydrogen (secondary N) is 1. The van der Waals surface area contributed by atoms with E-state index in [2.05, 4.69) is 33.9 Å². The minimum Gasteiger partial charge on any atom is -0.372 e. The third-order valence-electron chi connectivity index (χ3n) is 5.18. The number of fused-ring (bicyclic) bond motifs is 1. The minimum absolute atomic E-state index is 0.00594. The van der Waals surface area contributed by atoms with E-state index in [9.17, 15) is 4.79 Å². The zero-order valence-electron chi connectivity index (χ0n) is 14.9. The first kappa shape index (κ1) is 17.2. The molecule has 0 saturated carbocycles. The summed E-state index contributed by atoms with van der Waals surface area (Å²) in [4.78, 5) is 14.2. The maximum Gasteiger partial charge on any atom is 0.317 e. The van der Waals surface area contributed by atoms with Gasteiger partial charge in [0.05, 0.1) is 18.8 Å². The Labute approximate surface area is 143 Å². The van der Waals surface area contributed by atoms with Gasteiger partial charge in [0.1, 0.15) is 11.6 Å². The van der Waals surface area contributed by atoms with Gasteiger partial charge in [0.25, 0.3) is 0 Å². The lowest BCUT2D eigenvalue weighted by atomic mass is 10.0. The Morgan fingerprint density at radius 3 is 3.00 bits per heavy atom. The van der Waals surface area contributed by atoms with E-state index in [0.29, 0.717) is 26.2 Å². The normalized spacial score (nSPS) is 24.3. The largest absolute Gasteiger partial charge is 0.372 e. The fraction of sp³-hybridized carbons (Fsp3) is 0.824. The average Bonchev–Trinajstić information content (AvgIpc) is 2.81. The summed E-state index contributed by atoms with van der Waals surface area (Å²) in [5, 5.41) is 11.6. The van der Waals surface area contributed by atoms with E-state index in [4.69, 9.17) is 4.74 Å². The Morgan fingerprint density at radius 1 is 1.29 bits per heavy atom. The monoisotopic (exact) mass is 335 g/mol. The molecule has 1 N–H and O–H groups in total. The molecular weight excluding hydrogens is 306 g/mol.